The summed E-state index contributed by atoms with van der Waals surface area (Å²) in [6.45, 7) is 3.37. The highest BCUT2D eigenvalue weighted by Gasteiger charge is 2.28. The Balaban J connectivity index is 2.41. The van der Waals surface area contributed by atoms with E-state index < -0.39 is 0 Å². The van der Waals surface area contributed by atoms with Crippen molar-refractivity contribution in [3.05, 3.63) is 0 Å². The number of amides is 1. The molecule has 1 aliphatic rings. The lowest BCUT2D eigenvalue weighted by atomic mass is 9.95. The zero-order valence-electron chi connectivity index (χ0n) is 7.23. The third-order valence-electron chi connectivity index (χ3n) is 2.00. The smallest absolute Gasteiger partial charge is 0.235 e. The molecule has 1 unspecified atom stereocenters. The summed E-state index contributed by atoms with van der Waals surface area (Å²) in [4.78, 5) is 11.0. The fourth-order valence-corrected chi connectivity index (χ4v) is 1.47. The van der Waals surface area contributed by atoms with Gasteiger partial charge in [0.05, 0.1) is 12.1 Å². The average Bonchev–Trinajstić information content (AvgIpc) is 2.05. The lowest BCUT2D eigenvalue weighted by Gasteiger charge is -2.34. The highest BCUT2D eigenvalue weighted by atomic mass is 35.5. The maximum Gasteiger partial charge on any atom is 0.235 e. The van der Waals surface area contributed by atoms with Gasteiger partial charge in [-0.2, -0.15) is 0 Å². The predicted molar refractivity (Wildman–Crippen MR) is 47.3 cm³/mol. The summed E-state index contributed by atoms with van der Waals surface area (Å²) in [7, 11) is 0. The molecule has 3 nitrogen and oxygen atoms in total. The van der Waals surface area contributed by atoms with Gasteiger partial charge in [-0.15, -0.1) is 11.6 Å². The molecule has 0 spiro atoms. The molecule has 0 aliphatic carbocycles. The molecular weight excluding hydrogens is 178 g/mol. The van der Waals surface area contributed by atoms with E-state index >= 15 is 0 Å². The van der Waals surface area contributed by atoms with Crippen LogP contribution in [0.2, 0.25) is 0 Å². The molecule has 1 aliphatic heterocycles. The second-order valence-corrected chi connectivity index (χ2v) is 3.67. The second-order valence-electron chi connectivity index (χ2n) is 3.40. The van der Waals surface area contributed by atoms with Gasteiger partial charge in [-0.1, -0.05) is 0 Å². The van der Waals surface area contributed by atoms with Crippen molar-refractivity contribution in [1.82, 2.24) is 5.32 Å². The van der Waals surface area contributed by atoms with Gasteiger partial charge in [0.2, 0.25) is 5.91 Å². The standard InChI is InChI=1S/C8H14ClNO2/c1-8(10-7(11)5-9)3-2-4-12-6-8/h2-6H2,1H3,(H,10,11). The lowest BCUT2D eigenvalue weighted by molar-refractivity contribution is -0.122. The van der Waals surface area contributed by atoms with Crippen molar-refractivity contribution in [1.29, 1.82) is 0 Å². The predicted octanol–water partition coefficient (Wildman–Crippen LogP) is 0.910. The van der Waals surface area contributed by atoms with Gasteiger partial charge in [0, 0.05) is 6.61 Å². The molecule has 1 amide bonds. The topological polar surface area (TPSA) is 38.3 Å². The number of carbonyl (C=O) groups excluding carboxylic acids is 1. The molecule has 0 bridgehead atoms. The van der Waals surface area contributed by atoms with Crippen LogP contribution in [-0.4, -0.2) is 30.5 Å². The fraction of sp³-hybridized carbons (Fsp3) is 0.875. The van der Waals surface area contributed by atoms with E-state index in [4.69, 9.17) is 16.3 Å². The van der Waals surface area contributed by atoms with E-state index in [2.05, 4.69) is 5.32 Å². The number of nitrogens with one attached hydrogen (secondary N) is 1. The Morgan fingerprint density at radius 1 is 1.75 bits per heavy atom. The molecule has 1 fully saturated rings. The minimum absolute atomic E-state index is 0.0234. The average molecular weight is 192 g/mol. The van der Waals surface area contributed by atoms with E-state index in [-0.39, 0.29) is 17.3 Å². The molecule has 1 N–H and O–H groups in total. The van der Waals surface area contributed by atoms with Crippen molar-refractivity contribution < 1.29 is 9.53 Å². The molecule has 1 rings (SSSR count). The summed E-state index contributed by atoms with van der Waals surface area (Å²) in [5.74, 6) is -0.0973. The summed E-state index contributed by atoms with van der Waals surface area (Å²) in [5, 5.41) is 2.85. The Hall–Kier alpha value is -0.280. The van der Waals surface area contributed by atoms with Crippen LogP contribution in [0.1, 0.15) is 19.8 Å². The first kappa shape index (κ1) is 9.81. The van der Waals surface area contributed by atoms with Crippen LogP contribution in [-0.2, 0) is 9.53 Å². The Morgan fingerprint density at radius 3 is 3.00 bits per heavy atom. The maximum atomic E-state index is 11.0. The van der Waals surface area contributed by atoms with Gasteiger partial charge in [0.25, 0.3) is 0 Å². The Morgan fingerprint density at radius 2 is 2.50 bits per heavy atom. The third-order valence-corrected chi connectivity index (χ3v) is 2.24. The van der Waals surface area contributed by atoms with Crippen molar-refractivity contribution in [2.75, 3.05) is 19.1 Å². The van der Waals surface area contributed by atoms with E-state index in [1.807, 2.05) is 6.92 Å². The minimum atomic E-state index is -0.204. The lowest BCUT2D eigenvalue weighted by Crippen LogP contribution is -2.51. The Labute approximate surface area is 77.4 Å². The number of halogens is 1. The van der Waals surface area contributed by atoms with Gasteiger partial charge in [0.1, 0.15) is 5.88 Å². The molecule has 0 radical (unpaired) electrons. The first-order valence-corrected chi connectivity index (χ1v) is 4.64. The molecule has 0 aromatic heterocycles. The van der Waals surface area contributed by atoms with Gasteiger partial charge in [-0.25, -0.2) is 0 Å². The number of rotatable bonds is 2. The van der Waals surface area contributed by atoms with Gasteiger partial charge in [0.15, 0.2) is 0 Å². The van der Waals surface area contributed by atoms with Crippen molar-refractivity contribution >= 4 is 17.5 Å². The molecule has 0 aromatic rings. The zero-order valence-corrected chi connectivity index (χ0v) is 7.99. The summed E-state index contributed by atoms with van der Waals surface area (Å²) in [6.07, 6.45) is 1.97. The van der Waals surface area contributed by atoms with Crippen molar-refractivity contribution in [2.45, 2.75) is 25.3 Å². The highest BCUT2D eigenvalue weighted by molar-refractivity contribution is 6.27. The van der Waals surface area contributed by atoms with Crippen LogP contribution < -0.4 is 5.32 Å². The van der Waals surface area contributed by atoms with Crippen LogP contribution >= 0.6 is 11.6 Å². The summed E-state index contributed by atoms with van der Waals surface area (Å²) < 4.78 is 5.27. The van der Waals surface area contributed by atoms with Gasteiger partial charge in [-0.3, -0.25) is 4.79 Å². The van der Waals surface area contributed by atoms with Crippen molar-refractivity contribution in [3.63, 3.8) is 0 Å². The fourth-order valence-electron chi connectivity index (χ4n) is 1.40. The number of hydrogen-bond donors (Lipinski definition) is 1. The largest absolute Gasteiger partial charge is 0.379 e. The third kappa shape index (κ3) is 2.64. The Bertz CT molecular complexity index is 166. The minimum Gasteiger partial charge on any atom is -0.379 e. The Kier molecular flexibility index (Phi) is 3.35. The molecular formula is C8H14ClNO2. The van der Waals surface area contributed by atoms with E-state index in [0.29, 0.717) is 6.61 Å². The summed E-state index contributed by atoms with van der Waals surface area (Å²) in [6, 6.07) is 0. The molecule has 12 heavy (non-hydrogen) atoms. The molecule has 1 heterocycles. The molecule has 70 valence electrons. The number of hydrogen-bond acceptors (Lipinski definition) is 2. The van der Waals surface area contributed by atoms with Crippen LogP contribution in [0, 0.1) is 0 Å². The quantitative estimate of drug-likeness (QED) is 0.659. The van der Waals surface area contributed by atoms with Crippen molar-refractivity contribution in [3.8, 4) is 0 Å². The first-order valence-electron chi connectivity index (χ1n) is 4.11. The monoisotopic (exact) mass is 191 g/mol. The highest BCUT2D eigenvalue weighted by Crippen LogP contribution is 2.17. The molecule has 4 heteroatoms. The van der Waals surface area contributed by atoms with Crippen LogP contribution in [0.3, 0.4) is 0 Å². The van der Waals surface area contributed by atoms with Gasteiger partial charge < -0.3 is 10.1 Å². The normalized spacial score (nSPS) is 29.8. The maximum absolute atomic E-state index is 11.0. The number of ether oxygens (including phenoxy) is 1. The van der Waals surface area contributed by atoms with E-state index in [9.17, 15) is 4.79 Å². The number of alkyl halides is 1. The van der Waals surface area contributed by atoms with Gasteiger partial charge in [-0.05, 0) is 19.8 Å². The number of carbonyl (C=O) groups is 1. The van der Waals surface area contributed by atoms with Crippen LogP contribution in [0.4, 0.5) is 0 Å². The molecule has 0 aromatic carbocycles. The van der Waals surface area contributed by atoms with Crippen LogP contribution in [0.15, 0.2) is 0 Å². The first-order chi connectivity index (χ1) is 5.66. The van der Waals surface area contributed by atoms with Crippen molar-refractivity contribution in [2.24, 2.45) is 0 Å². The van der Waals surface area contributed by atoms with E-state index in [1.54, 1.807) is 0 Å². The molecule has 1 atom stereocenters. The van der Waals surface area contributed by atoms with Crippen LogP contribution in [0.5, 0.6) is 0 Å². The van der Waals surface area contributed by atoms with E-state index in [1.165, 1.54) is 0 Å². The molecule has 0 saturated carbocycles. The van der Waals surface area contributed by atoms with E-state index in [0.717, 1.165) is 19.4 Å². The summed E-state index contributed by atoms with van der Waals surface area (Å²) >= 11 is 5.38. The van der Waals surface area contributed by atoms with Crippen LogP contribution in [0.25, 0.3) is 0 Å². The SMILES string of the molecule is CC1(NC(=O)CCl)CCCOC1. The zero-order chi connectivity index (χ0) is 9.03. The molecule has 1 saturated heterocycles. The summed E-state index contributed by atoms with van der Waals surface area (Å²) in [5.41, 5.74) is -0.204. The van der Waals surface area contributed by atoms with Gasteiger partial charge >= 0.3 is 0 Å². The second kappa shape index (κ2) is 4.10.